The number of nitrogens with zero attached hydrogens (tertiary/aromatic N) is 2. The molecule has 1 rings (SSSR count). The molecule has 3 nitrogen and oxygen atoms in total. The molecule has 0 aliphatic rings. The van der Waals surface area contributed by atoms with Gasteiger partial charge >= 0.3 is 0 Å². The molecule has 0 aliphatic carbocycles. The van der Waals surface area contributed by atoms with Gasteiger partial charge in [-0.15, -0.1) is 0 Å². The van der Waals surface area contributed by atoms with Gasteiger partial charge in [0.2, 0.25) is 0 Å². The van der Waals surface area contributed by atoms with Crippen molar-refractivity contribution in [1.29, 1.82) is 5.26 Å². The Balaban J connectivity index is 3.14. The molecule has 68 valence electrons. The van der Waals surface area contributed by atoms with Crippen molar-refractivity contribution in [3.05, 3.63) is 23.1 Å². The third-order valence-electron chi connectivity index (χ3n) is 1.63. The van der Waals surface area contributed by atoms with Gasteiger partial charge in [0.05, 0.1) is 11.3 Å². The van der Waals surface area contributed by atoms with Crippen LogP contribution in [0.1, 0.15) is 18.2 Å². The molecule has 13 heavy (non-hydrogen) atoms. The molecular formula is C9H10FN3. The molecule has 0 aliphatic heterocycles. The van der Waals surface area contributed by atoms with Crippen molar-refractivity contribution in [1.82, 2.24) is 4.98 Å². The van der Waals surface area contributed by atoms with Crippen molar-refractivity contribution < 1.29 is 4.39 Å². The van der Waals surface area contributed by atoms with Crippen LogP contribution in [0.2, 0.25) is 0 Å². The maximum Gasteiger partial charge on any atom is 0.166 e. The smallest absolute Gasteiger partial charge is 0.166 e. The number of aromatic nitrogens is 1. The standard InChI is InChI=1S/C9H10FN3/c1-3-12-9-8(10)4-7(5-11)6(2)13-9/h4H,3H2,1-2H3,(H,12,13). The number of hydrogen-bond donors (Lipinski definition) is 1. The predicted octanol–water partition coefficient (Wildman–Crippen LogP) is 1.83. The van der Waals surface area contributed by atoms with Gasteiger partial charge < -0.3 is 5.32 Å². The summed E-state index contributed by atoms with van der Waals surface area (Å²) in [5.41, 5.74) is 0.819. The van der Waals surface area contributed by atoms with Gasteiger partial charge in [-0.25, -0.2) is 9.37 Å². The highest BCUT2D eigenvalue weighted by Gasteiger charge is 2.07. The lowest BCUT2D eigenvalue weighted by Gasteiger charge is -2.05. The average Bonchev–Trinajstić information content (AvgIpc) is 2.11. The molecule has 0 fully saturated rings. The molecule has 1 aromatic rings. The van der Waals surface area contributed by atoms with E-state index in [9.17, 15) is 4.39 Å². The first-order valence-electron chi connectivity index (χ1n) is 4.00. The highest BCUT2D eigenvalue weighted by molar-refractivity contribution is 5.44. The quantitative estimate of drug-likeness (QED) is 0.753. The molecule has 0 aromatic carbocycles. The van der Waals surface area contributed by atoms with Gasteiger partial charge in [-0.1, -0.05) is 0 Å². The first-order valence-corrected chi connectivity index (χ1v) is 4.00. The molecule has 0 spiro atoms. The van der Waals surface area contributed by atoms with Gasteiger partial charge in [0.1, 0.15) is 6.07 Å². The van der Waals surface area contributed by atoms with Gasteiger partial charge in [-0.3, -0.25) is 0 Å². The first kappa shape index (κ1) is 9.46. The fourth-order valence-corrected chi connectivity index (χ4v) is 0.985. The van der Waals surface area contributed by atoms with E-state index in [1.54, 1.807) is 6.92 Å². The summed E-state index contributed by atoms with van der Waals surface area (Å²) in [5, 5.41) is 11.4. The first-order chi connectivity index (χ1) is 6.19. The lowest BCUT2D eigenvalue weighted by molar-refractivity contribution is 0.623. The third kappa shape index (κ3) is 1.94. The minimum atomic E-state index is -0.482. The molecule has 1 aromatic heterocycles. The average molecular weight is 179 g/mol. The Kier molecular flexibility index (Phi) is 2.80. The molecule has 0 saturated carbocycles. The topological polar surface area (TPSA) is 48.7 Å². The van der Waals surface area contributed by atoms with Crippen molar-refractivity contribution in [3.63, 3.8) is 0 Å². The van der Waals surface area contributed by atoms with Crippen LogP contribution >= 0.6 is 0 Å². The summed E-state index contributed by atoms with van der Waals surface area (Å²) in [4.78, 5) is 3.92. The van der Waals surface area contributed by atoms with E-state index in [0.29, 0.717) is 12.2 Å². The number of hydrogen-bond acceptors (Lipinski definition) is 3. The van der Waals surface area contributed by atoms with E-state index in [1.165, 1.54) is 6.07 Å². The second-order valence-electron chi connectivity index (χ2n) is 2.59. The number of halogens is 1. The second-order valence-corrected chi connectivity index (χ2v) is 2.59. The maximum atomic E-state index is 13.1. The van der Waals surface area contributed by atoms with Crippen LogP contribution in [-0.4, -0.2) is 11.5 Å². The van der Waals surface area contributed by atoms with Crippen molar-refractivity contribution in [3.8, 4) is 6.07 Å². The zero-order chi connectivity index (χ0) is 9.84. The number of anilines is 1. The zero-order valence-corrected chi connectivity index (χ0v) is 7.56. The summed E-state index contributed by atoms with van der Waals surface area (Å²) < 4.78 is 13.1. The Morgan fingerprint density at radius 2 is 2.38 bits per heavy atom. The zero-order valence-electron chi connectivity index (χ0n) is 7.56. The molecule has 0 radical (unpaired) electrons. The molecule has 1 N–H and O–H groups in total. The molecule has 0 unspecified atom stereocenters. The number of rotatable bonds is 2. The molecule has 0 saturated heterocycles. The minimum Gasteiger partial charge on any atom is -0.368 e. The Labute approximate surface area is 76.2 Å². The Hall–Kier alpha value is -1.63. The van der Waals surface area contributed by atoms with Gasteiger partial charge in [0.15, 0.2) is 11.6 Å². The molecule has 1 heterocycles. The van der Waals surface area contributed by atoms with Crippen LogP contribution in [0.5, 0.6) is 0 Å². The number of aryl methyl sites for hydroxylation is 1. The van der Waals surface area contributed by atoms with Crippen LogP contribution in [0, 0.1) is 24.1 Å². The Bertz CT molecular complexity index is 355. The fraction of sp³-hybridized carbons (Fsp3) is 0.333. The molecule has 0 atom stereocenters. The summed E-state index contributed by atoms with van der Waals surface area (Å²) in [6, 6.07) is 3.07. The normalized spacial score (nSPS) is 9.38. The summed E-state index contributed by atoms with van der Waals surface area (Å²) in [6.45, 7) is 4.14. The lowest BCUT2D eigenvalue weighted by atomic mass is 10.2. The number of nitriles is 1. The van der Waals surface area contributed by atoms with Crippen molar-refractivity contribution in [2.45, 2.75) is 13.8 Å². The molecule has 4 heteroatoms. The van der Waals surface area contributed by atoms with Crippen LogP contribution in [0.25, 0.3) is 0 Å². The fourth-order valence-electron chi connectivity index (χ4n) is 0.985. The van der Waals surface area contributed by atoms with Crippen molar-refractivity contribution >= 4 is 5.82 Å². The van der Waals surface area contributed by atoms with E-state index in [4.69, 9.17) is 5.26 Å². The summed E-state index contributed by atoms with van der Waals surface area (Å²) in [7, 11) is 0. The second kappa shape index (κ2) is 3.85. The number of nitrogens with one attached hydrogen (secondary N) is 1. The SMILES string of the molecule is CCNc1nc(C)c(C#N)cc1F. The van der Waals surface area contributed by atoms with Crippen LogP contribution in [0.3, 0.4) is 0 Å². The predicted molar refractivity (Wildman–Crippen MR) is 47.8 cm³/mol. The minimum absolute atomic E-state index is 0.207. The van der Waals surface area contributed by atoms with Crippen LogP contribution in [-0.2, 0) is 0 Å². The van der Waals surface area contributed by atoms with E-state index in [-0.39, 0.29) is 11.4 Å². The van der Waals surface area contributed by atoms with Crippen LogP contribution in [0.4, 0.5) is 10.2 Å². The maximum absolute atomic E-state index is 13.1. The monoisotopic (exact) mass is 179 g/mol. The van der Waals surface area contributed by atoms with Gasteiger partial charge in [0, 0.05) is 6.54 Å². The van der Waals surface area contributed by atoms with E-state index in [1.807, 2.05) is 13.0 Å². The van der Waals surface area contributed by atoms with Gasteiger partial charge in [0.25, 0.3) is 0 Å². The van der Waals surface area contributed by atoms with E-state index in [0.717, 1.165) is 0 Å². The molecule has 0 amide bonds. The largest absolute Gasteiger partial charge is 0.368 e. The van der Waals surface area contributed by atoms with Crippen LogP contribution < -0.4 is 5.32 Å². The molecule has 0 bridgehead atoms. The van der Waals surface area contributed by atoms with Crippen molar-refractivity contribution in [2.24, 2.45) is 0 Å². The van der Waals surface area contributed by atoms with Crippen molar-refractivity contribution in [2.75, 3.05) is 11.9 Å². The highest BCUT2D eigenvalue weighted by atomic mass is 19.1. The number of pyridine rings is 1. The van der Waals surface area contributed by atoms with E-state index in [2.05, 4.69) is 10.3 Å². The third-order valence-corrected chi connectivity index (χ3v) is 1.63. The summed E-state index contributed by atoms with van der Waals surface area (Å²) >= 11 is 0. The Morgan fingerprint density at radius 3 is 2.92 bits per heavy atom. The summed E-state index contributed by atoms with van der Waals surface area (Å²) in [5.74, 6) is -0.275. The van der Waals surface area contributed by atoms with E-state index < -0.39 is 5.82 Å². The van der Waals surface area contributed by atoms with Gasteiger partial charge in [-0.2, -0.15) is 5.26 Å². The molecular weight excluding hydrogens is 169 g/mol. The van der Waals surface area contributed by atoms with E-state index >= 15 is 0 Å². The summed E-state index contributed by atoms with van der Waals surface area (Å²) in [6.07, 6.45) is 0. The van der Waals surface area contributed by atoms with Gasteiger partial charge in [-0.05, 0) is 19.9 Å². The van der Waals surface area contributed by atoms with Crippen LogP contribution in [0.15, 0.2) is 6.07 Å². The Morgan fingerprint density at radius 1 is 1.69 bits per heavy atom. The lowest BCUT2D eigenvalue weighted by Crippen LogP contribution is -2.04. The highest BCUT2D eigenvalue weighted by Crippen LogP contribution is 2.14.